The molecule has 1 fully saturated rings. The number of nitrogens with two attached hydrogens (primary N) is 1. The van der Waals surface area contributed by atoms with Gasteiger partial charge in [-0.3, -0.25) is 9.69 Å². The number of halogens is 1. The van der Waals surface area contributed by atoms with E-state index in [4.69, 9.17) is 17.3 Å². The first-order chi connectivity index (χ1) is 8.95. The van der Waals surface area contributed by atoms with Gasteiger partial charge in [-0.15, -0.1) is 0 Å². The summed E-state index contributed by atoms with van der Waals surface area (Å²) in [6.07, 6.45) is 1.15. The second-order valence-corrected chi connectivity index (χ2v) is 5.81. The van der Waals surface area contributed by atoms with Crippen LogP contribution in [0.15, 0.2) is 18.2 Å². The van der Waals surface area contributed by atoms with E-state index in [1.807, 2.05) is 0 Å². The summed E-state index contributed by atoms with van der Waals surface area (Å²) in [7, 11) is 0. The topological polar surface area (TPSA) is 58.4 Å². The summed E-state index contributed by atoms with van der Waals surface area (Å²) >= 11 is 6.02. The van der Waals surface area contributed by atoms with E-state index in [1.54, 1.807) is 18.2 Å². The molecule has 2 atom stereocenters. The maximum Gasteiger partial charge on any atom is 0.238 e. The van der Waals surface area contributed by atoms with Crippen molar-refractivity contribution < 1.29 is 4.79 Å². The first-order valence-electron chi connectivity index (χ1n) is 6.54. The molecule has 1 aliphatic rings. The number of carbonyl (C=O) groups excluding carboxylic acids is 1. The van der Waals surface area contributed by atoms with Crippen LogP contribution in [0.4, 0.5) is 11.4 Å². The van der Waals surface area contributed by atoms with Gasteiger partial charge in [0, 0.05) is 18.3 Å². The van der Waals surface area contributed by atoms with Crippen LogP contribution in [0.1, 0.15) is 20.3 Å². The molecule has 1 amide bonds. The average molecular weight is 282 g/mol. The van der Waals surface area contributed by atoms with E-state index in [0.717, 1.165) is 13.0 Å². The Morgan fingerprint density at radius 1 is 1.53 bits per heavy atom. The molecule has 5 heteroatoms. The molecular weight excluding hydrogens is 262 g/mol. The Morgan fingerprint density at radius 3 is 2.89 bits per heavy atom. The monoisotopic (exact) mass is 281 g/mol. The molecule has 104 valence electrons. The SMILES string of the molecule is CC1CC(C)N(CC(=O)Nc2cc(N)ccc2Cl)C1. The fourth-order valence-electron chi connectivity index (χ4n) is 2.62. The standard InChI is InChI=1S/C14H20ClN3O/c1-9-5-10(2)18(7-9)8-14(19)17-13-6-11(16)3-4-12(13)15/h3-4,6,9-10H,5,7-8,16H2,1-2H3,(H,17,19). The van der Waals surface area contributed by atoms with E-state index >= 15 is 0 Å². The van der Waals surface area contributed by atoms with Crippen LogP contribution >= 0.6 is 11.6 Å². The molecule has 0 saturated carbocycles. The normalized spacial score (nSPS) is 23.5. The number of hydrogen-bond donors (Lipinski definition) is 2. The summed E-state index contributed by atoms with van der Waals surface area (Å²) in [4.78, 5) is 14.2. The highest BCUT2D eigenvalue weighted by molar-refractivity contribution is 6.33. The summed E-state index contributed by atoms with van der Waals surface area (Å²) in [5.41, 5.74) is 6.85. The van der Waals surface area contributed by atoms with Gasteiger partial charge in [0.1, 0.15) is 0 Å². The third-order valence-electron chi connectivity index (χ3n) is 3.52. The lowest BCUT2D eigenvalue weighted by atomic mass is 10.1. The van der Waals surface area contributed by atoms with Gasteiger partial charge in [-0.05, 0) is 37.5 Å². The van der Waals surface area contributed by atoms with E-state index in [1.165, 1.54) is 0 Å². The Bertz CT molecular complexity index is 478. The van der Waals surface area contributed by atoms with Crippen molar-refractivity contribution in [3.05, 3.63) is 23.2 Å². The number of nitrogen functional groups attached to an aromatic ring is 1. The molecule has 2 rings (SSSR count). The van der Waals surface area contributed by atoms with E-state index in [9.17, 15) is 4.79 Å². The van der Waals surface area contributed by atoms with Crippen molar-refractivity contribution in [2.75, 3.05) is 24.1 Å². The van der Waals surface area contributed by atoms with E-state index in [0.29, 0.717) is 34.9 Å². The number of carbonyl (C=O) groups is 1. The molecule has 0 radical (unpaired) electrons. The van der Waals surface area contributed by atoms with Gasteiger partial charge >= 0.3 is 0 Å². The van der Waals surface area contributed by atoms with Crippen molar-refractivity contribution >= 4 is 28.9 Å². The summed E-state index contributed by atoms with van der Waals surface area (Å²) in [5, 5.41) is 3.33. The van der Waals surface area contributed by atoms with Crippen LogP contribution in [-0.4, -0.2) is 29.9 Å². The van der Waals surface area contributed by atoms with Gasteiger partial charge in [0.25, 0.3) is 0 Å². The quantitative estimate of drug-likeness (QED) is 0.837. The van der Waals surface area contributed by atoms with Gasteiger partial charge in [0.2, 0.25) is 5.91 Å². The maximum absolute atomic E-state index is 12.0. The van der Waals surface area contributed by atoms with Crippen LogP contribution in [0.25, 0.3) is 0 Å². The molecule has 0 spiro atoms. The molecule has 1 aliphatic heterocycles. The van der Waals surface area contributed by atoms with Crippen LogP contribution in [0.5, 0.6) is 0 Å². The van der Waals surface area contributed by atoms with Crippen molar-refractivity contribution in [3.63, 3.8) is 0 Å². The minimum atomic E-state index is -0.0477. The first-order valence-corrected chi connectivity index (χ1v) is 6.92. The highest BCUT2D eigenvalue weighted by Gasteiger charge is 2.27. The van der Waals surface area contributed by atoms with Gasteiger partial charge in [-0.2, -0.15) is 0 Å². The largest absolute Gasteiger partial charge is 0.399 e. The lowest BCUT2D eigenvalue weighted by Crippen LogP contribution is -2.35. The summed E-state index contributed by atoms with van der Waals surface area (Å²) < 4.78 is 0. The van der Waals surface area contributed by atoms with Gasteiger partial charge in [0.05, 0.1) is 17.3 Å². The number of anilines is 2. The molecule has 1 heterocycles. The number of likely N-dealkylation sites (tertiary alicyclic amines) is 1. The summed E-state index contributed by atoms with van der Waals surface area (Å²) in [6, 6.07) is 5.53. The fraction of sp³-hybridized carbons (Fsp3) is 0.500. The lowest BCUT2D eigenvalue weighted by Gasteiger charge is -2.20. The Kier molecular flexibility index (Phi) is 4.32. The second kappa shape index (κ2) is 5.80. The van der Waals surface area contributed by atoms with E-state index in [2.05, 4.69) is 24.1 Å². The molecule has 1 aromatic carbocycles. The molecule has 0 aliphatic carbocycles. The predicted octanol–water partition coefficient (Wildman–Crippen LogP) is 2.59. The molecule has 0 bridgehead atoms. The first kappa shape index (κ1) is 14.2. The fourth-order valence-corrected chi connectivity index (χ4v) is 2.78. The number of hydrogen-bond acceptors (Lipinski definition) is 3. The highest BCUT2D eigenvalue weighted by atomic mass is 35.5. The van der Waals surface area contributed by atoms with Crippen molar-refractivity contribution in [1.29, 1.82) is 0 Å². The highest BCUT2D eigenvalue weighted by Crippen LogP contribution is 2.25. The number of amides is 1. The second-order valence-electron chi connectivity index (χ2n) is 5.41. The van der Waals surface area contributed by atoms with E-state index < -0.39 is 0 Å². The molecule has 19 heavy (non-hydrogen) atoms. The number of benzene rings is 1. The minimum absolute atomic E-state index is 0.0477. The Morgan fingerprint density at radius 2 is 2.26 bits per heavy atom. The number of nitrogens with zero attached hydrogens (tertiary/aromatic N) is 1. The van der Waals surface area contributed by atoms with Crippen LogP contribution in [0, 0.1) is 5.92 Å². The van der Waals surface area contributed by atoms with Crippen LogP contribution in [0.2, 0.25) is 5.02 Å². The van der Waals surface area contributed by atoms with Crippen molar-refractivity contribution in [1.82, 2.24) is 4.90 Å². The van der Waals surface area contributed by atoms with Crippen molar-refractivity contribution in [3.8, 4) is 0 Å². The molecule has 1 aromatic rings. The Hall–Kier alpha value is -1.26. The smallest absolute Gasteiger partial charge is 0.238 e. The van der Waals surface area contributed by atoms with Gasteiger partial charge in [-0.25, -0.2) is 0 Å². The van der Waals surface area contributed by atoms with Crippen LogP contribution < -0.4 is 11.1 Å². The summed E-state index contributed by atoms with van der Waals surface area (Å²) in [6.45, 7) is 5.74. The third kappa shape index (κ3) is 3.61. The molecule has 0 aromatic heterocycles. The van der Waals surface area contributed by atoms with Crippen LogP contribution in [0.3, 0.4) is 0 Å². The zero-order valence-electron chi connectivity index (χ0n) is 11.3. The van der Waals surface area contributed by atoms with Gasteiger partial charge in [-0.1, -0.05) is 18.5 Å². The maximum atomic E-state index is 12.0. The number of nitrogens with one attached hydrogen (secondary N) is 1. The van der Waals surface area contributed by atoms with Gasteiger partial charge < -0.3 is 11.1 Å². The predicted molar refractivity (Wildman–Crippen MR) is 79.3 cm³/mol. The third-order valence-corrected chi connectivity index (χ3v) is 3.85. The lowest BCUT2D eigenvalue weighted by molar-refractivity contribution is -0.117. The zero-order chi connectivity index (χ0) is 14.0. The van der Waals surface area contributed by atoms with Crippen molar-refractivity contribution in [2.24, 2.45) is 5.92 Å². The molecule has 4 nitrogen and oxygen atoms in total. The Labute approximate surface area is 118 Å². The minimum Gasteiger partial charge on any atom is -0.399 e. The van der Waals surface area contributed by atoms with Crippen molar-refractivity contribution in [2.45, 2.75) is 26.3 Å². The van der Waals surface area contributed by atoms with E-state index in [-0.39, 0.29) is 5.91 Å². The molecular formula is C14H20ClN3O. The zero-order valence-corrected chi connectivity index (χ0v) is 12.1. The van der Waals surface area contributed by atoms with Crippen LogP contribution in [-0.2, 0) is 4.79 Å². The van der Waals surface area contributed by atoms with Gasteiger partial charge in [0.15, 0.2) is 0 Å². The molecule has 3 N–H and O–H groups in total. The number of rotatable bonds is 3. The summed E-state index contributed by atoms with van der Waals surface area (Å²) in [5.74, 6) is 0.604. The average Bonchev–Trinajstić information content (AvgIpc) is 2.62. The molecule has 1 saturated heterocycles. The Balaban J connectivity index is 1.96. The molecule has 2 unspecified atom stereocenters.